The summed E-state index contributed by atoms with van der Waals surface area (Å²) in [5.41, 5.74) is 1.68. The lowest BCUT2D eigenvalue weighted by Crippen LogP contribution is -2.35. The van der Waals surface area contributed by atoms with Gasteiger partial charge in [0.25, 0.3) is 11.1 Å². The molecule has 0 aromatic heterocycles. The number of thioether (sulfide) groups is 1. The third-order valence-electron chi connectivity index (χ3n) is 3.57. The van der Waals surface area contributed by atoms with Crippen molar-refractivity contribution in [3.05, 3.63) is 59.7 Å². The predicted octanol–water partition coefficient (Wildman–Crippen LogP) is 2.00. The minimum atomic E-state index is -1.35. The van der Waals surface area contributed by atoms with Gasteiger partial charge in [0.05, 0.1) is 11.7 Å². The number of imide groups is 1. The van der Waals surface area contributed by atoms with E-state index in [0.717, 1.165) is 22.2 Å². The number of carbonyl (C=O) groups excluding carboxylic acids is 3. The molecular formula is C17H13N2O4S-. The summed E-state index contributed by atoms with van der Waals surface area (Å²) in [6.07, 6.45) is 0. The van der Waals surface area contributed by atoms with Gasteiger partial charge in [-0.25, -0.2) is 4.90 Å². The van der Waals surface area contributed by atoms with Gasteiger partial charge in [0.2, 0.25) is 0 Å². The van der Waals surface area contributed by atoms with E-state index in [1.54, 1.807) is 24.3 Å². The molecule has 24 heavy (non-hydrogen) atoms. The standard InChI is InChI=1S/C17H14N2O4S/c1-10-6-8-11(9-7-10)19-15(20)14(24-17(19)23)18-13-5-3-2-4-12(13)16(21)22/h2-9,14,18H,1H3,(H,21,22)/p-1/t14-/m1/s1. The van der Waals surface area contributed by atoms with Crippen LogP contribution in [0.3, 0.4) is 0 Å². The number of anilines is 2. The van der Waals surface area contributed by atoms with Gasteiger partial charge >= 0.3 is 0 Å². The highest BCUT2D eigenvalue weighted by Gasteiger charge is 2.40. The summed E-state index contributed by atoms with van der Waals surface area (Å²) in [6.45, 7) is 1.91. The number of benzene rings is 2. The van der Waals surface area contributed by atoms with Crippen molar-refractivity contribution in [2.75, 3.05) is 10.2 Å². The lowest BCUT2D eigenvalue weighted by Gasteiger charge is -2.17. The molecule has 3 rings (SSSR count). The van der Waals surface area contributed by atoms with Crippen molar-refractivity contribution in [1.82, 2.24) is 0 Å². The number of nitrogens with one attached hydrogen (secondary N) is 1. The molecule has 0 saturated carbocycles. The van der Waals surface area contributed by atoms with E-state index in [4.69, 9.17) is 0 Å². The average molecular weight is 341 g/mol. The largest absolute Gasteiger partial charge is 0.545 e. The first-order valence-corrected chi connectivity index (χ1v) is 8.03. The lowest BCUT2D eigenvalue weighted by atomic mass is 10.2. The molecule has 1 fully saturated rings. The van der Waals surface area contributed by atoms with Gasteiger partial charge in [-0.3, -0.25) is 9.59 Å². The van der Waals surface area contributed by atoms with Gasteiger partial charge in [-0.15, -0.1) is 0 Å². The summed E-state index contributed by atoms with van der Waals surface area (Å²) in [7, 11) is 0. The molecule has 1 aliphatic heterocycles. The second-order valence-corrected chi connectivity index (χ2v) is 6.31. The first-order chi connectivity index (χ1) is 11.5. The summed E-state index contributed by atoms with van der Waals surface area (Å²) in [6, 6.07) is 13.1. The molecule has 122 valence electrons. The Bertz CT molecular complexity index is 820. The summed E-state index contributed by atoms with van der Waals surface area (Å²) in [5.74, 6) is -1.79. The van der Waals surface area contributed by atoms with E-state index >= 15 is 0 Å². The maximum Gasteiger partial charge on any atom is 0.295 e. The maximum absolute atomic E-state index is 12.5. The fraction of sp³-hybridized carbons (Fsp3) is 0.118. The number of amides is 2. The van der Waals surface area contributed by atoms with Crippen molar-refractivity contribution in [3.8, 4) is 0 Å². The van der Waals surface area contributed by atoms with Crippen LogP contribution in [-0.4, -0.2) is 22.5 Å². The van der Waals surface area contributed by atoms with E-state index in [-0.39, 0.29) is 11.3 Å². The molecule has 6 nitrogen and oxygen atoms in total. The van der Waals surface area contributed by atoms with E-state index in [9.17, 15) is 19.5 Å². The van der Waals surface area contributed by atoms with Crippen LogP contribution in [0, 0.1) is 6.92 Å². The SMILES string of the molecule is Cc1ccc(N2C(=O)S[C@@H](Nc3ccccc3C(=O)[O-])C2=O)cc1. The first-order valence-electron chi connectivity index (χ1n) is 7.15. The molecule has 1 N–H and O–H groups in total. The number of carbonyl (C=O) groups is 3. The Morgan fingerprint density at radius 2 is 1.79 bits per heavy atom. The zero-order valence-corrected chi connectivity index (χ0v) is 13.5. The van der Waals surface area contributed by atoms with Crippen LogP contribution in [0.25, 0.3) is 0 Å². The maximum atomic E-state index is 12.5. The molecule has 0 bridgehead atoms. The molecule has 2 aromatic rings. The van der Waals surface area contributed by atoms with E-state index < -0.39 is 22.5 Å². The minimum Gasteiger partial charge on any atom is -0.545 e. The second-order valence-electron chi connectivity index (χ2n) is 5.25. The molecule has 0 radical (unpaired) electrons. The molecule has 7 heteroatoms. The van der Waals surface area contributed by atoms with Crippen molar-refractivity contribution in [2.24, 2.45) is 0 Å². The van der Waals surface area contributed by atoms with Gasteiger partial charge < -0.3 is 15.2 Å². The number of para-hydroxylation sites is 1. The van der Waals surface area contributed by atoms with Crippen LogP contribution in [0.1, 0.15) is 15.9 Å². The Kier molecular flexibility index (Phi) is 4.26. The third-order valence-corrected chi connectivity index (χ3v) is 4.51. The zero-order valence-electron chi connectivity index (χ0n) is 12.7. The number of nitrogens with zero attached hydrogens (tertiary/aromatic N) is 1. The summed E-state index contributed by atoms with van der Waals surface area (Å²) in [5, 5.41) is 12.7. The number of carboxylic acids is 1. The number of aromatic carboxylic acids is 1. The third kappa shape index (κ3) is 2.98. The topological polar surface area (TPSA) is 89.5 Å². The molecular weight excluding hydrogens is 328 g/mol. The fourth-order valence-corrected chi connectivity index (χ4v) is 3.25. The normalized spacial score (nSPS) is 17.2. The summed E-state index contributed by atoms with van der Waals surface area (Å²) >= 11 is 0.809. The molecule has 2 aromatic carbocycles. The quantitative estimate of drug-likeness (QED) is 0.915. The Balaban J connectivity index is 1.85. The molecule has 0 unspecified atom stereocenters. The molecule has 0 aliphatic carbocycles. The minimum absolute atomic E-state index is 0.0628. The van der Waals surface area contributed by atoms with Crippen molar-refractivity contribution in [2.45, 2.75) is 12.3 Å². The highest BCUT2D eigenvalue weighted by molar-refractivity contribution is 8.16. The van der Waals surface area contributed by atoms with Crippen LogP contribution in [0.5, 0.6) is 0 Å². The van der Waals surface area contributed by atoms with Crippen LogP contribution in [0.4, 0.5) is 16.2 Å². The van der Waals surface area contributed by atoms with Gasteiger partial charge in [0, 0.05) is 11.3 Å². The number of rotatable bonds is 4. The zero-order chi connectivity index (χ0) is 17.3. The van der Waals surface area contributed by atoms with Crippen LogP contribution in [0.2, 0.25) is 0 Å². The van der Waals surface area contributed by atoms with Crippen molar-refractivity contribution in [1.29, 1.82) is 0 Å². The highest BCUT2D eigenvalue weighted by Crippen LogP contribution is 2.33. The Morgan fingerprint density at radius 1 is 1.12 bits per heavy atom. The van der Waals surface area contributed by atoms with E-state index in [1.807, 2.05) is 19.1 Å². The predicted molar refractivity (Wildman–Crippen MR) is 89.8 cm³/mol. The van der Waals surface area contributed by atoms with Crippen molar-refractivity contribution < 1.29 is 19.5 Å². The van der Waals surface area contributed by atoms with E-state index in [2.05, 4.69) is 5.32 Å². The molecule has 2 amide bonds. The van der Waals surface area contributed by atoms with Gasteiger partial charge in [0.15, 0.2) is 5.37 Å². The molecule has 1 saturated heterocycles. The van der Waals surface area contributed by atoms with Crippen molar-refractivity contribution in [3.63, 3.8) is 0 Å². The smallest absolute Gasteiger partial charge is 0.295 e. The summed E-state index contributed by atoms with van der Waals surface area (Å²) < 4.78 is 0. The van der Waals surface area contributed by atoms with Gasteiger partial charge in [-0.1, -0.05) is 35.9 Å². The molecule has 0 spiro atoms. The van der Waals surface area contributed by atoms with E-state index in [0.29, 0.717) is 5.69 Å². The van der Waals surface area contributed by atoms with Crippen molar-refractivity contribution >= 4 is 40.3 Å². The molecule has 1 atom stereocenters. The lowest BCUT2D eigenvalue weighted by molar-refractivity contribution is -0.254. The average Bonchev–Trinajstić information content (AvgIpc) is 2.83. The van der Waals surface area contributed by atoms with Crippen LogP contribution < -0.4 is 15.3 Å². The Hall–Kier alpha value is -2.80. The number of aryl methyl sites for hydroxylation is 1. The van der Waals surface area contributed by atoms with Gasteiger partial charge in [0.1, 0.15) is 0 Å². The molecule has 1 heterocycles. The van der Waals surface area contributed by atoms with Gasteiger partial charge in [-0.2, -0.15) is 0 Å². The Morgan fingerprint density at radius 3 is 2.46 bits per heavy atom. The number of hydrogen-bond donors (Lipinski definition) is 1. The highest BCUT2D eigenvalue weighted by atomic mass is 32.2. The van der Waals surface area contributed by atoms with Gasteiger partial charge in [-0.05, 0) is 36.9 Å². The van der Waals surface area contributed by atoms with Crippen LogP contribution >= 0.6 is 11.8 Å². The molecule has 1 aliphatic rings. The number of carboxylic acid groups (broad SMARTS) is 1. The number of hydrogen-bond acceptors (Lipinski definition) is 6. The van der Waals surface area contributed by atoms with Crippen LogP contribution in [0.15, 0.2) is 48.5 Å². The first kappa shape index (κ1) is 16.1. The second kappa shape index (κ2) is 6.37. The fourth-order valence-electron chi connectivity index (χ4n) is 2.36. The van der Waals surface area contributed by atoms with Crippen LogP contribution in [-0.2, 0) is 4.79 Å². The summed E-state index contributed by atoms with van der Waals surface area (Å²) in [4.78, 5) is 37.0. The Labute approximate surface area is 142 Å². The van der Waals surface area contributed by atoms with E-state index in [1.165, 1.54) is 12.1 Å². The monoisotopic (exact) mass is 341 g/mol.